The monoisotopic (exact) mass is 555 g/mol. The van der Waals surface area contributed by atoms with E-state index in [0.717, 1.165) is 11.1 Å². The minimum Gasteiger partial charge on any atom is -0.378 e. The Morgan fingerprint density at radius 2 is 1.89 bits per heavy atom. The van der Waals surface area contributed by atoms with Gasteiger partial charge in [-0.05, 0) is 67.1 Å². The molecule has 2 aliphatic heterocycles. The Hall–Kier alpha value is -3.06. The van der Waals surface area contributed by atoms with Gasteiger partial charge in [-0.1, -0.05) is 6.07 Å². The molecular weight excluding hydrogens is 523 g/mol. The lowest BCUT2D eigenvalue weighted by atomic mass is 10.00. The van der Waals surface area contributed by atoms with E-state index in [2.05, 4.69) is 15.0 Å². The van der Waals surface area contributed by atoms with Gasteiger partial charge in [0.1, 0.15) is 11.6 Å². The first-order valence-electron chi connectivity index (χ1n) is 12.5. The summed E-state index contributed by atoms with van der Waals surface area (Å²) in [7, 11) is -3.57. The number of alkyl halides is 3. The van der Waals surface area contributed by atoms with E-state index < -0.39 is 34.6 Å². The number of nitrogens with one attached hydrogen (secondary N) is 2. The number of carbonyl (C=O) groups is 1. The number of pyridine rings is 1. The fraction of sp³-hybridized carbons (Fsp3) is 0.520. The van der Waals surface area contributed by atoms with Crippen LogP contribution in [0.15, 0.2) is 30.3 Å². The molecule has 2 saturated heterocycles. The molecule has 4 rings (SSSR count). The molecule has 1 aromatic heterocycles. The van der Waals surface area contributed by atoms with Crippen molar-refractivity contribution < 1.29 is 31.1 Å². The van der Waals surface area contributed by atoms with Crippen molar-refractivity contribution in [1.29, 1.82) is 0 Å². The molecule has 0 saturated carbocycles. The molecule has 0 radical (unpaired) electrons. The largest absolute Gasteiger partial charge is 0.389 e. The van der Waals surface area contributed by atoms with Crippen molar-refractivity contribution in [2.24, 2.45) is 5.92 Å². The number of nitrogens with zero attached hydrogens (tertiary/aromatic N) is 3. The van der Waals surface area contributed by atoms with Crippen LogP contribution in [0.4, 0.5) is 35.3 Å². The summed E-state index contributed by atoms with van der Waals surface area (Å²) in [6.45, 7) is 6.03. The summed E-state index contributed by atoms with van der Waals surface area (Å²) in [5.74, 6) is 0.0795. The summed E-state index contributed by atoms with van der Waals surface area (Å²) < 4.78 is 70.7. The molecule has 13 heteroatoms. The first-order valence-corrected chi connectivity index (χ1v) is 14.2. The number of hydrogen-bond acceptors (Lipinski definition) is 6. The predicted octanol–water partition coefficient (Wildman–Crippen LogP) is 4.46. The molecule has 2 amide bonds. The van der Waals surface area contributed by atoms with Gasteiger partial charge >= 0.3 is 12.2 Å². The van der Waals surface area contributed by atoms with Crippen LogP contribution >= 0.6 is 0 Å². The maximum atomic E-state index is 12.8. The van der Waals surface area contributed by atoms with E-state index in [9.17, 15) is 26.4 Å². The number of likely N-dealkylation sites (tertiary alicyclic amines) is 1. The zero-order valence-electron chi connectivity index (χ0n) is 21.3. The van der Waals surface area contributed by atoms with Crippen LogP contribution in [-0.4, -0.2) is 75.7 Å². The number of aromatic nitrogens is 1. The van der Waals surface area contributed by atoms with Gasteiger partial charge in [0.15, 0.2) is 0 Å². The summed E-state index contributed by atoms with van der Waals surface area (Å²) in [6, 6.07) is 8.38. The van der Waals surface area contributed by atoms with Crippen LogP contribution in [0.5, 0.6) is 0 Å². The van der Waals surface area contributed by atoms with Crippen molar-refractivity contribution in [3.63, 3.8) is 0 Å². The first kappa shape index (κ1) is 28.0. The number of amides is 2. The van der Waals surface area contributed by atoms with Gasteiger partial charge in [0.25, 0.3) is 0 Å². The summed E-state index contributed by atoms with van der Waals surface area (Å²) >= 11 is 0. The molecular formula is C25H32F3N5O4S. The third kappa shape index (κ3) is 7.28. The Bertz CT molecular complexity index is 1270. The van der Waals surface area contributed by atoms with Crippen molar-refractivity contribution >= 4 is 33.4 Å². The highest BCUT2D eigenvalue weighted by Crippen LogP contribution is 2.33. The zero-order chi connectivity index (χ0) is 27.5. The Kier molecular flexibility index (Phi) is 8.36. The molecule has 2 fully saturated rings. The Morgan fingerprint density at radius 1 is 1.16 bits per heavy atom. The number of halogens is 3. The lowest BCUT2D eigenvalue weighted by Gasteiger charge is -2.28. The summed E-state index contributed by atoms with van der Waals surface area (Å²) in [4.78, 5) is 20.7. The van der Waals surface area contributed by atoms with E-state index in [-0.39, 0.29) is 24.7 Å². The third-order valence-electron chi connectivity index (χ3n) is 6.68. The average molecular weight is 556 g/mol. The number of aryl methyl sites for hydroxylation is 1. The van der Waals surface area contributed by atoms with Gasteiger partial charge in [0.2, 0.25) is 10.0 Å². The molecule has 38 heavy (non-hydrogen) atoms. The van der Waals surface area contributed by atoms with Gasteiger partial charge in [-0.25, -0.2) is 18.2 Å². The fourth-order valence-corrected chi connectivity index (χ4v) is 5.20. The number of hydrogen-bond donors (Lipinski definition) is 2. The molecule has 208 valence electrons. The van der Waals surface area contributed by atoms with Gasteiger partial charge in [-0.15, -0.1) is 0 Å². The van der Waals surface area contributed by atoms with Crippen LogP contribution in [-0.2, 0) is 14.8 Å². The number of carbonyl (C=O) groups excluding carboxylic acids is 1. The summed E-state index contributed by atoms with van der Waals surface area (Å²) in [5, 5.41) is 2.80. The van der Waals surface area contributed by atoms with Crippen LogP contribution in [0, 0.1) is 12.8 Å². The Balaban J connectivity index is 1.58. The highest BCUT2D eigenvalue weighted by atomic mass is 32.2. The average Bonchev–Trinajstić information content (AvgIpc) is 3.32. The molecule has 0 unspecified atom stereocenters. The predicted molar refractivity (Wildman–Crippen MR) is 140 cm³/mol. The highest BCUT2D eigenvalue weighted by Gasteiger charge is 2.36. The van der Waals surface area contributed by atoms with Crippen LogP contribution < -0.4 is 14.9 Å². The third-order valence-corrected chi connectivity index (χ3v) is 7.96. The molecule has 2 N–H and O–H groups in total. The normalized spacial score (nSPS) is 18.5. The second kappa shape index (κ2) is 11.4. The van der Waals surface area contributed by atoms with E-state index in [1.165, 1.54) is 11.8 Å². The number of benzene rings is 1. The smallest absolute Gasteiger partial charge is 0.378 e. The van der Waals surface area contributed by atoms with Crippen LogP contribution in [0.3, 0.4) is 0 Å². The molecule has 1 aromatic carbocycles. The summed E-state index contributed by atoms with van der Waals surface area (Å²) in [5.41, 5.74) is 2.83. The molecule has 9 nitrogen and oxygen atoms in total. The van der Waals surface area contributed by atoms with Crippen molar-refractivity contribution in [3.05, 3.63) is 35.9 Å². The number of anilines is 3. The Morgan fingerprint density at radius 3 is 2.58 bits per heavy atom. The summed E-state index contributed by atoms with van der Waals surface area (Å²) in [6.07, 6.45) is -4.84. The minimum atomic E-state index is -4.25. The molecule has 0 bridgehead atoms. The molecule has 1 atom stereocenters. The van der Waals surface area contributed by atoms with Gasteiger partial charge in [-0.3, -0.25) is 4.72 Å². The van der Waals surface area contributed by atoms with E-state index in [1.54, 1.807) is 18.2 Å². The number of morpholine rings is 1. The molecule has 2 aliphatic rings. The minimum absolute atomic E-state index is 0.0538. The highest BCUT2D eigenvalue weighted by molar-refractivity contribution is 7.92. The van der Waals surface area contributed by atoms with Crippen molar-refractivity contribution in [2.75, 3.05) is 60.1 Å². The topological polar surface area (TPSA) is 104 Å². The van der Waals surface area contributed by atoms with Gasteiger partial charge in [-0.2, -0.15) is 13.2 Å². The standard InChI is InChI=1S/C25H32F3N5O4S/c1-3-38(35,36)31-22-12-19(13-23(30-22)32-8-10-37-11-9-32)21-14-20(5-4-17(21)2)29-24(34)33-7-6-18(16-33)15-25(26,27)28/h4-5,12-14,18H,3,6-11,15-16H2,1-2H3,(H,29,34)(H,30,31)/t18-/m0/s1. The van der Waals surface area contributed by atoms with Crippen LogP contribution in [0.25, 0.3) is 11.1 Å². The van der Waals surface area contributed by atoms with E-state index >= 15 is 0 Å². The van der Waals surface area contributed by atoms with Gasteiger partial charge in [0.05, 0.1) is 19.0 Å². The van der Waals surface area contributed by atoms with E-state index in [0.29, 0.717) is 49.8 Å². The molecule has 0 spiro atoms. The van der Waals surface area contributed by atoms with Gasteiger partial charge < -0.3 is 19.9 Å². The van der Waals surface area contributed by atoms with Crippen LogP contribution in [0.1, 0.15) is 25.3 Å². The van der Waals surface area contributed by atoms with Crippen molar-refractivity contribution in [2.45, 2.75) is 32.9 Å². The zero-order valence-corrected chi connectivity index (χ0v) is 22.2. The maximum absolute atomic E-state index is 12.8. The van der Waals surface area contributed by atoms with Crippen LogP contribution in [0.2, 0.25) is 0 Å². The fourth-order valence-electron chi connectivity index (χ4n) is 4.63. The second-order valence-electron chi connectivity index (χ2n) is 9.58. The Labute approximate surface area is 220 Å². The van der Waals surface area contributed by atoms with E-state index in [4.69, 9.17) is 4.74 Å². The van der Waals surface area contributed by atoms with Crippen molar-refractivity contribution in [1.82, 2.24) is 9.88 Å². The van der Waals surface area contributed by atoms with E-state index in [1.807, 2.05) is 24.0 Å². The number of sulfonamides is 1. The van der Waals surface area contributed by atoms with Gasteiger partial charge in [0, 0.05) is 38.3 Å². The number of urea groups is 1. The quantitative estimate of drug-likeness (QED) is 0.523. The number of rotatable bonds is 7. The first-order chi connectivity index (χ1) is 17.9. The van der Waals surface area contributed by atoms with Crippen molar-refractivity contribution in [3.8, 4) is 11.1 Å². The molecule has 2 aromatic rings. The lowest BCUT2D eigenvalue weighted by Crippen LogP contribution is -2.36. The molecule has 3 heterocycles. The molecule has 0 aliphatic carbocycles. The number of ether oxygens (including phenoxy) is 1. The lowest BCUT2D eigenvalue weighted by molar-refractivity contribution is -0.143. The maximum Gasteiger partial charge on any atom is 0.389 e. The second-order valence-corrected chi connectivity index (χ2v) is 11.6. The SMILES string of the molecule is CCS(=O)(=O)Nc1cc(-c2cc(NC(=O)N3CC[C@@H](CC(F)(F)F)C3)ccc2C)cc(N2CCOCC2)n1.